The minimum absolute atomic E-state index is 0.627. The molecule has 2 rings (SSSR count). The molecule has 0 aromatic heterocycles. The molecule has 0 aliphatic carbocycles. The third-order valence-electron chi connectivity index (χ3n) is 2.96. The molecule has 0 radical (unpaired) electrons. The van der Waals surface area contributed by atoms with E-state index in [9.17, 15) is 0 Å². The molecular weight excluding hydrogens is 228 g/mol. The second kappa shape index (κ2) is 4.29. The Morgan fingerprint density at radius 3 is 2.56 bits per heavy atom. The van der Waals surface area contributed by atoms with Gasteiger partial charge in [0.2, 0.25) is 0 Å². The highest BCUT2D eigenvalue weighted by Crippen LogP contribution is 2.21. The standard InChI is InChI=1S/C12H16N6/c1-12(15)16-10(9-6-4-3-5-7-9)17(2)11(14)18(12)8-13/h3-7,11H,14-15H2,1-2H3. The van der Waals surface area contributed by atoms with E-state index in [0.29, 0.717) is 5.84 Å². The van der Waals surface area contributed by atoms with Crippen molar-refractivity contribution in [2.75, 3.05) is 7.05 Å². The average Bonchev–Trinajstić information content (AvgIpc) is 2.35. The van der Waals surface area contributed by atoms with Crippen LogP contribution < -0.4 is 11.5 Å². The van der Waals surface area contributed by atoms with Crippen molar-refractivity contribution in [1.29, 1.82) is 5.26 Å². The molecule has 6 nitrogen and oxygen atoms in total. The van der Waals surface area contributed by atoms with Gasteiger partial charge in [0.25, 0.3) is 0 Å². The highest BCUT2D eigenvalue weighted by atomic mass is 15.5. The zero-order chi connectivity index (χ0) is 13.3. The van der Waals surface area contributed by atoms with Crippen LogP contribution in [0.15, 0.2) is 35.3 Å². The summed E-state index contributed by atoms with van der Waals surface area (Å²) in [6.07, 6.45) is 1.35. The van der Waals surface area contributed by atoms with Gasteiger partial charge in [-0.3, -0.25) is 11.5 Å². The first kappa shape index (κ1) is 12.4. The third kappa shape index (κ3) is 1.90. The number of aliphatic imine (C=N–C) groups is 1. The Kier molecular flexibility index (Phi) is 2.95. The summed E-state index contributed by atoms with van der Waals surface area (Å²) < 4.78 is 0. The molecule has 18 heavy (non-hydrogen) atoms. The van der Waals surface area contributed by atoms with Gasteiger partial charge >= 0.3 is 0 Å². The van der Waals surface area contributed by atoms with Crippen molar-refractivity contribution in [3.8, 4) is 6.19 Å². The lowest BCUT2D eigenvalue weighted by atomic mass is 10.1. The van der Waals surface area contributed by atoms with Gasteiger partial charge < -0.3 is 4.90 Å². The lowest BCUT2D eigenvalue weighted by Gasteiger charge is -2.44. The molecular formula is C12H16N6. The van der Waals surface area contributed by atoms with Crippen LogP contribution in [-0.2, 0) is 0 Å². The lowest BCUT2D eigenvalue weighted by Crippen LogP contribution is -2.67. The highest BCUT2D eigenvalue weighted by molar-refractivity contribution is 5.99. The van der Waals surface area contributed by atoms with Gasteiger partial charge in [-0.2, -0.15) is 5.26 Å². The van der Waals surface area contributed by atoms with Gasteiger partial charge in [0.1, 0.15) is 5.84 Å². The van der Waals surface area contributed by atoms with Crippen molar-refractivity contribution < 1.29 is 0 Å². The summed E-state index contributed by atoms with van der Waals surface area (Å²) in [5, 5.41) is 9.09. The molecule has 1 aliphatic heterocycles. The number of rotatable bonds is 1. The second-order valence-corrected chi connectivity index (χ2v) is 4.39. The maximum Gasteiger partial charge on any atom is 0.195 e. The molecule has 6 heteroatoms. The molecule has 1 aromatic rings. The van der Waals surface area contributed by atoms with Crippen molar-refractivity contribution in [3.63, 3.8) is 0 Å². The van der Waals surface area contributed by atoms with Crippen LogP contribution in [0.1, 0.15) is 12.5 Å². The molecule has 0 saturated carbocycles. The predicted octanol–water partition coefficient (Wildman–Crippen LogP) is 0.0364. The molecule has 4 N–H and O–H groups in total. The van der Waals surface area contributed by atoms with Crippen LogP contribution in [0.4, 0.5) is 0 Å². The zero-order valence-corrected chi connectivity index (χ0v) is 10.4. The van der Waals surface area contributed by atoms with Gasteiger partial charge in [0.15, 0.2) is 18.3 Å². The Labute approximate surface area is 106 Å². The van der Waals surface area contributed by atoms with Gasteiger partial charge in [0, 0.05) is 12.6 Å². The minimum atomic E-state index is -1.13. The SMILES string of the molecule is CN1C(c2ccccc2)=NC(C)(N)N(C#N)C1N. The molecule has 2 atom stereocenters. The van der Waals surface area contributed by atoms with E-state index in [-0.39, 0.29) is 0 Å². The zero-order valence-electron chi connectivity index (χ0n) is 10.4. The number of amidine groups is 1. The Bertz CT molecular complexity index is 501. The van der Waals surface area contributed by atoms with E-state index >= 15 is 0 Å². The first-order valence-corrected chi connectivity index (χ1v) is 5.59. The summed E-state index contributed by atoms with van der Waals surface area (Å²) in [7, 11) is 1.79. The van der Waals surface area contributed by atoms with Crippen molar-refractivity contribution in [1.82, 2.24) is 9.80 Å². The topological polar surface area (TPSA) is 94.7 Å². The Morgan fingerprint density at radius 1 is 1.39 bits per heavy atom. The van der Waals surface area contributed by atoms with E-state index in [2.05, 4.69) is 4.99 Å². The van der Waals surface area contributed by atoms with E-state index in [1.54, 1.807) is 18.9 Å². The molecule has 0 bridgehead atoms. The average molecular weight is 244 g/mol. The maximum atomic E-state index is 9.09. The monoisotopic (exact) mass is 244 g/mol. The Balaban J connectivity index is 2.50. The highest BCUT2D eigenvalue weighted by Gasteiger charge is 2.39. The Morgan fingerprint density at radius 2 is 2.00 bits per heavy atom. The molecule has 0 fully saturated rings. The van der Waals surface area contributed by atoms with E-state index in [1.807, 2.05) is 36.5 Å². The molecule has 0 spiro atoms. The molecule has 94 valence electrons. The van der Waals surface area contributed by atoms with Gasteiger partial charge in [-0.05, 0) is 6.92 Å². The summed E-state index contributed by atoms with van der Waals surface area (Å²) in [5.74, 6) is -0.453. The second-order valence-electron chi connectivity index (χ2n) is 4.39. The van der Waals surface area contributed by atoms with Crippen LogP contribution >= 0.6 is 0 Å². The molecule has 0 amide bonds. The first-order valence-electron chi connectivity index (χ1n) is 5.59. The fourth-order valence-electron chi connectivity index (χ4n) is 1.93. The summed E-state index contributed by atoms with van der Waals surface area (Å²) >= 11 is 0. The molecule has 0 saturated heterocycles. The van der Waals surface area contributed by atoms with Crippen LogP contribution in [0.3, 0.4) is 0 Å². The van der Waals surface area contributed by atoms with Gasteiger partial charge in [-0.1, -0.05) is 30.3 Å². The lowest BCUT2D eigenvalue weighted by molar-refractivity contribution is 0.0538. The quantitative estimate of drug-likeness (QED) is 0.680. The predicted molar refractivity (Wildman–Crippen MR) is 68.8 cm³/mol. The summed E-state index contributed by atoms with van der Waals surface area (Å²) in [6.45, 7) is 1.66. The van der Waals surface area contributed by atoms with Gasteiger partial charge in [-0.25, -0.2) is 9.89 Å². The third-order valence-corrected chi connectivity index (χ3v) is 2.96. The summed E-state index contributed by atoms with van der Waals surface area (Å²) in [4.78, 5) is 7.40. The fourth-order valence-corrected chi connectivity index (χ4v) is 1.93. The van der Waals surface area contributed by atoms with E-state index in [4.69, 9.17) is 16.7 Å². The van der Waals surface area contributed by atoms with Crippen LogP contribution in [0.5, 0.6) is 0 Å². The minimum Gasteiger partial charge on any atom is -0.326 e. The molecule has 1 aromatic carbocycles. The van der Waals surface area contributed by atoms with E-state index in [0.717, 1.165) is 5.56 Å². The van der Waals surface area contributed by atoms with Crippen LogP contribution in [0, 0.1) is 11.5 Å². The fraction of sp³-hybridized carbons (Fsp3) is 0.333. The molecule has 1 heterocycles. The largest absolute Gasteiger partial charge is 0.326 e. The van der Waals surface area contributed by atoms with Gasteiger partial charge in [0.05, 0.1) is 0 Å². The first-order chi connectivity index (χ1) is 8.47. The van der Waals surface area contributed by atoms with Crippen molar-refractivity contribution in [3.05, 3.63) is 35.9 Å². The number of benzene rings is 1. The normalized spacial score (nSPS) is 27.7. The van der Waals surface area contributed by atoms with Crippen LogP contribution in [-0.4, -0.2) is 34.8 Å². The van der Waals surface area contributed by atoms with Crippen molar-refractivity contribution >= 4 is 5.84 Å². The molecule has 2 unspecified atom stereocenters. The summed E-state index contributed by atoms with van der Waals surface area (Å²) in [5.41, 5.74) is 12.9. The number of nitrogens with two attached hydrogens (primary N) is 2. The number of nitriles is 1. The number of hydrogen-bond acceptors (Lipinski definition) is 6. The smallest absolute Gasteiger partial charge is 0.195 e. The van der Waals surface area contributed by atoms with Crippen molar-refractivity contribution in [2.24, 2.45) is 16.5 Å². The maximum absolute atomic E-state index is 9.09. The number of nitrogens with zero attached hydrogens (tertiary/aromatic N) is 4. The van der Waals surface area contributed by atoms with Crippen molar-refractivity contribution in [2.45, 2.75) is 19.0 Å². The van der Waals surface area contributed by atoms with E-state index in [1.165, 1.54) is 4.90 Å². The summed E-state index contributed by atoms with van der Waals surface area (Å²) in [6, 6.07) is 9.62. The Hall–Kier alpha value is -2.10. The van der Waals surface area contributed by atoms with Gasteiger partial charge in [-0.15, -0.1) is 0 Å². The van der Waals surface area contributed by atoms with Crippen LogP contribution in [0.2, 0.25) is 0 Å². The van der Waals surface area contributed by atoms with E-state index < -0.39 is 12.1 Å². The number of hydrogen-bond donors (Lipinski definition) is 2. The van der Waals surface area contributed by atoms with Crippen LogP contribution in [0.25, 0.3) is 0 Å². The molecule has 1 aliphatic rings.